The van der Waals surface area contributed by atoms with Crippen molar-refractivity contribution in [3.05, 3.63) is 57.6 Å². The molecule has 0 spiro atoms. The number of hydrogen-bond acceptors (Lipinski definition) is 6. The molecular weight excluding hydrogens is 467 g/mol. The van der Waals surface area contributed by atoms with Crippen LogP contribution < -0.4 is 15.4 Å². The van der Waals surface area contributed by atoms with Gasteiger partial charge in [-0.2, -0.15) is 23.5 Å². The van der Waals surface area contributed by atoms with Gasteiger partial charge in [-0.15, -0.1) is 11.3 Å². The summed E-state index contributed by atoms with van der Waals surface area (Å²) in [6.45, 7) is 3.76. The number of rotatable bonds is 5. The number of thiophene rings is 1. The molecule has 11 heteroatoms. The monoisotopic (exact) mass is 489 g/mol. The number of carbonyl (C=O) groups excluding carboxylic acids is 1. The van der Waals surface area contributed by atoms with E-state index in [1.807, 2.05) is 13.8 Å². The number of amides is 1. The van der Waals surface area contributed by atoms with Gasteiger partial charge in [0.25, 0.3) is 5.91 Å². The van der Waals surface area contributed by atoms with Crippen LogP contribution in [-0.4, -0.2) is 29.0 Å². The Kier molecular flexibility index (Phi) is 6.27. The van der Waals surface area contributed by atoms with Crippen molar-refractivity contribution in [2.45, 2.75) is 44.9 Å². The largest absolute Gasteiger partial charge is 0.497 e. The first-order valence-corrected chi connectivity index (χ1v) is 11.4. The molecule has 3 heterocycles. The maximum Gasteiger partial charge on any atom is 0.410 e. The lowest BCUT2D eigenvalue weighted by atomic mass is 9.97. The Hall–Kier alpha value is -3.52. The van der Waals surface area contributed by atoms with E-state index in [0.29, 0.717) is 28.3 Å². The number of alkyl halides is 3. The summed E-state index contributed by atoms with van der Waals surface area (Å²) < 4.78 is 47.7. The van der Waals surface area contributed by atoms with Crippen LogP contribution in [0.5, 0.6) is 5.75 Å². The summed E-state index contributed by atoms with van der Waals surface area (Å²) >= 11 is 1.26. The lowest BCUT2D eigenvalue weighted by molar-refractivity contribution is -0.173. The van der Waals surface area contributed by atoms with E-state index in [1.165, 1.54) is 24.5 Å². The zero-order valence-electron chi connectivity index (χ0n) is 18.7. The van der Waals surface area contributed by atoms with Gasteiger partial charge in [0, 0.05) is 17.4 Å². The van der Waals surface area contributed by atoms with E-state index >= 15 is 0 Å². The first-order chi connectivity index (χ1) is 16.2. The number of methoxy groups -OCH3 is 1. The van der Waals surface area contributed by atoms with Crippen molar-refractivity contribution in [2.75, 3.05) is 17.7 Å². The first-order valence-electron chi connectivity index (χ1n) is 10.6. The van der Waals surface area contributed by atoms with E-state index in [0.717, 1.165) is 15.1 Å². The third kappa shape index (κ3) is 4.33. The molecule has 2 unspecified atom stereocenters. The van der Waals surface area contributed by atoms with E-state index in [2.05, 4.69) is 21.8 Å². The minimum Gasteiger partial charge on any atom is -0.497 e. The molecular formula is C23H22F3N5O2S. The number of halogens is 3. The average molecular weight is 490 g/mol. The Bertz CT molecular complexity index is 1260. The number of nitrogens with zero attached hydrogens (tertiary/aromatic N) is 3. The lowest BCUT2D eigenvalue weighted by Gasteiger charge is -2.33. The number of nitriles is 1. The number of aromatic nitrogens is 2. The molecule has 0 radical (unpaired) electrons. The van der Waals surface area contributed by atoms with Gasteiger partial charge in [0.15, 0.2) is 11.7 Å². The maximum absolute atomic E-state index is 13.9. The first kappa shape index (κ1) is 23.6. The molecule has 1 aromatic carbocycles. The summed E-state index contributed by atoms with van der Waals surface area (Å²) in [7, 11) is 1.51. The van der Waals surface area contributed by atoms with Crippen LogP contribution in [0.1, 0.15) is 57.5 Å². The summed E-state index contributed by atoms with van der Waals surface area (Å²) in [5, 5.41) is 19.6. The summed E-state index contributed by atoms with van der Waals surface area (Å²) in [6, 6.07) is 7.66. The number of anilines is 2. The number of ether oxygens (including phenoxy) is 1. The molecule has 178 valence electrons. The summed E-state index contributed by atoms with van der Waals surface area (Å²) in [5.41, 5.74) is 1.70. The van der Waals surface area contributed by atoms with E-state index in [9.17, 15) is 23.2 Å². The van der Waals surface area contributed by atoms with Crippen LogP contribution in [-0.2, 0) is 6.42 Å². The fourth-order valence-corrected chi connectivity index (χ4v) is 5.21. The van der Waals surface area contributed by atoms with Gasteiger partial charge in [-0.05, 0) is 36.6 Å². The van der Waals surface area contributed by atoms with Crippen LogP contribution in [0.15, 0.2) is 30.3 Å². The predicted octanol–water partition coefficient (Wildman–Crippen LogP) is 5.61. The minimum atomic E-state index is -4.56. The Morgan fingerprint density at radius 2 is 2.09 bits per heavy atom. The molecule has 2 aromatic heterocycles. The second-order valence-electron chi connectivity index (χ2n) is 7.88. The van der Waals surface area contributed by atoms with Crippen molar-refractivity contribution in [3.8, 4) is 11.8 Å². The molecule has 2 N–H and O–H groups in total. The van der Waals surface area contributed by atoms with Crippen molar-refractivity contribution in [1.82, 2.24) is 9.78 Å². The van der Waals surface area contributed by atoms with Crippen molar-refractivity contribution >= 4 is 28.1 Å². The zero-order valence-corrected chi connectivity index (χ0v) is 19.5. The highest BCUT2D eigenvalue weighted by atomic mass is 32.1. The third-order valence-corrected chi connectivity index (χ3v) is 6.90. The molecule has 7 nitrogen and oxygen atoms in total. The van der Waals surface area contributed by atoms with Gasteiger partial charge in [0.05, 0.1) is 18.7 Å². The second kappa shape index (κ2) is 9.02. The van der Waals surface area contributed by atoms with Crippen LogP contribution in [0.3, 0.4) is 0 Å². The fourth-order valence-electron chi connectivity index (χ4n) is 4.12. The number of nitrogens with one attached hydrogen (secondary N) is 2. The molecule has 0 fully saturated rings. The molecule has 3 aromatic rings. The highest BCUT2D eigenvalue weighted by Gasteiger charge is 2.46. The van der Waals surface area contributed by atoms with Crippen LogP contribution in [0.2, 0.25) is 0 Å². The number of benzene rings is 1. The van der Waals surface area contributed by atoms with E-state index < -0.39 is 24.2 Å². The van der Waals surface area contributed by atoms with Gasteiger partial charge in [0.1, 0.15) is 22.6 Å². The molecule has 0 saturated carbocycles. The standard InChI is InChI=1S/C23H22F3N5O2S/c1-4-15-12(2)34-22(16(15)11-27)29-21(32)18-10-20-28-17(13-5-7-14(33-3)8-6-13)9-19(23(24,25)26)31(20)30-18/h5-8,10,17,19,28H,4,9H2,1-3H3,(H,29,32). The van der Waals surface area contributed by atoms with Gasteiger partial charge in [-0.3, -0.25) is 4.79 Å². The van der Waals surface area contributed by atoms with E-state index in [1.54, 1.807) is 24.3 Å². The molecule has 0 aliphatic carbocycles. The Balaban J connectivity index is 1.64. The topological polar surface area (TPSA) is 92.0 Å². The molecule has 34 heavy (non-hydrogen) atoms. The second-order valence-corrected chi connectivity index (χ2v) is 9.11. The quantitative estimate of drug-likeness (QED) is 0.486. The predicted molar refractivity (Wildman–Crippen MR) is 122 cm³/mol. The summed E-state index contributed by atoms with van der Waals surface area (Å²) in [5.74, 6) is 0.0189. The molecule has 0 saturated heterocycles. The smallest absolute Gasteiger partial charge is 0.410 e. The maximum atomic E-state index is 13.9. The molecule has 1 aliphatic rings. The van der Waals surface area contributed by atoms with Crippen LogP contribution in [0, 0.1) is 18.3 Å². The molecule has 2 atom stereocenters. The average Bonchev–Trinajstić information content (AvgIpc) is 3.37. The Labute approximate surface area is 198 Å². The van der Waals surface area contributed by atoms with E-state index in [4.69, 9.17) is 4.74 Å². The SMILES string of the molecule is CCc1c(C)sc(NC(=O)c2cc3n(n2)C(C(F)(F)F)CC(c2ccc(OC)cc2)N3)c1C#N. The van der Waals surface area contributed by atoms with Crippen LogP contribution in [0.25, 0.3) is 0 Å². The summed E-state index contributed by atoms with van der Waals surface area (Å²) in [6.07, 6.45) is -4.21. The van der Waals surface area contributed by atoms with Crippen molar-refractivity contribution in [1.29, 1.82) is 5.26 Å². The van der Waals surface area contributed by atoms with Gasteiger partial charge in [-0.1, -0.05) is 19.1 Å². The van der Waals surface area contributed by atoms with Gasteiger partial charge >= 0.3 is 6.18 Å². The van der Waals surface area contributed by atoms with Gasteiger partial charge in [-0.25, -0.2) is 4.68 Å². The Morgan fingerprint density at radius 3 is 2.68 bits per heavy atom. The summed E-state index contributed by atoms with van der Waals surface area (Å²) in [4.78, 5) is 13.8. The normalized spacial score (nSPS) is 17.4. The van der Waals surface area contributed by atoms with Crippen molar-refractivity contribution in [3.63, 3.8) is 0 Å². The fraction of sp³-hybridized carbons (Fsp3) is 0.348. The number of carbonyl (C=O) groups is 1. The van der Waals surface area contributed by atoms with Crippen LogP contribution in [0.4, 0.5) is 24.0 Å². The van der Waals surface area contributed by atoms with Crippen molar-refractivity contribution in [2.24, 2.45) is 0 Å². The third-order valence-electron chi connectivity index (χ3n) is 5.84. The van der Waals surface area contributed by atoms with Gasteiger partial charge in [0.2, 0.25) is 0 Å². The molecule has 4 rings (SSSR count). The Morgan fingerprint density at radius 1 is 1.38 bits per heavy atom. The van der Waals surface area contributed by atoms with Gasteiger partial charge < -0.3 is 15.4 Å². The molecule has 1 amide bonds. The van der Waals surface area contributed by atoms with E-state index in [-0.39, 0.29) is 17.9 Å². The number of aryl methyl sites for hydroxylation is 1. The lowest BCUT2D eigenvalue weighted by Crippen LogP contribution is -2.35. The number of fused-ring (bicyclic) bond motifs is 1. The van der Waals surface area contributed by atoms with Crippen molar-refractivity contribution < 1.29 is 22.7 Å². The molecule has 1 aliphatic heterocycles. The minimum absolute atomic E-state index is 0.0941. The highest BCUT2D eigenvalue weighted by Crippen LogP contribution is 2.44. The zero-order chi connectivity index (χ0) is 24.6. The molecule has 0 bridgehead atoms. The highest BCUT2D eigenvalue weighted by molar-refractivity contribution is 7.16. The number of hydrogen-bond donors (Lipinski definition) is 2. The van der Waals surface area contributed by atoms with Crippen LogP contribution >= 0.6 is 11.3 Å².